The highest BCUT2D eigenvalue weighted by atomic mass is 16.4. The van der Waals surface area contributed by atoms with E-state index in [1.54, 1.807) is 19.6 Å². The van der Waals surface area contributed by atoms with E-state index in [0.29, 0.717) is 57.9 Å². The number of rotatable bonds is 38. The summed E-state index contributed by atoms with van der Waals surface area (Å²) in [4.78, 5) is 158. The lowest BCUT2D eigenvalue weighted by Crippen LogP contribution is -2.52. The van der Waals surface area contributed by atoms with Crippen LogP contribution in [0.2, 0.25) is 0 Å². The summed E-state index contributed by atoms with van der Waals surface area (Å²) in [5, 5.41) is 78.0. The molecule has 3 aromatic rings. The normalized spacial score (nSPS) is 17.4. The summed E-state index contributed by atoms with van der Waals surface area (Å²) >= 11 is 0. The first-order valence-corrected chi connectivity index (χ1v) is 32.6. The number of unbranched alkanes of at least 4 members (excludes halogenated alkanes) is 2. The molecule has 522 valence electrons. The van der Waals surface area contributed by atoms with Crippen molar-refractivity contribution < 1.29 is 88.2 Å². The van der Waals surface area contributed by atoms with E-state index >= 15 is 0 Å². The second-order valence-corrected chi connectivity index (χ2v) is 24.6. The number of nitrogens with zero attached hydrogens (tertiary/aromatic N) is 4. The molecule has 29 heteroatoms. The highest BCUT2D eigenvalue weighted by molar-refractivity contribution is 5.90. The Hall–Kier alpha value is -8.80. The van der Waals surface area contributed by atoms with E-state index in [1.165, 1.54) is 0 Å². The Bertz CT molecular complexity index is 3020. The Morgan fingerprint density at radius 2 is 0.947 bits per heavy atom. The van der Waals surface area contributed by atoms with Crippen LogP contribution in [0.3, 0.4) is 0 Å². The largest absolute Gasteiger partial charge is 0.481 e. The van der Waals surface area contributed by atoms with E-state index < -0.39 is 102 Å². The van der Waals surface area contributed by atoms with Gasteiger partial charge in [0.2, 0.25) is 29.5 Å². The summed E-state index contributed by atoms with van der Waals surface area (Å²) in [6.07, 6.45) is 4.45. The van der Waals surface area contributed by atoms with Gasteiger partial charge in [-0.05, 0) is 118 Å². The van der Waals surface area contributed by atoms with Gasteiger partial charge in [0.1, 0.15) is 24.2 Å². The number of carboxylic acid groups (broad SMARTS) is 6. The Morgan fingerprint density at radius 1 is 0.453 bits per heavy atom. The standard InChI is InChI=1S/C66H95N11O18/c1-44-15-17-45(18-16-44)9-8-14-55(78)67-27-6-4-12-51(70-56(79)40-74-29-31-75(41-58(82)83)33-35-77(43-60(86)87)36-34-76(32-30-74)42-59(84)85)62(89)69-39-46-19-23-49(24-20-46)61(88)71-54(38-47-21-22-48-10-2-3-11-50(48)37-47)63(90)68-28-7-5-13-52(64(91)92)72-66(95)73-53(65(93)94)25-26-57(80)81/h2-3,10-11,15-18,21-22,37,46,49,51-54H,4-9,12-14,19-20,23-36,38-43H2,1H3,(H,67,78)(H,68,90)(H,69,89)(H,70,79)(H,71,88)(H,80,81)(H,82,83)(H,84,85)(H,86,87)(H,91,92)(H,93,94)(H2,72,73,95)/t46?,49?,51?,52-,53-,54-/m0/s1. The first kappa shape index (κ1) is 76.9. The van der Waals surface area contributed by atoms with Crippen LogP contribution in [0.15, 0.2) is 66.7 Å². The third kappa shape index (κ3) is 30.4. The molecular weight excluding hydrogens is 1230 g/mol. The molecule has 2 aliphatic rings. The molecule has 0 spiro atoms. The fraction of sp³-hybridized carbons (Fsp3) is 0.576. The highest BCUT2D eigenvalue weighted by Crippen LogP contribution is 2.29. The van der Waals surface area contributed by atoms with Crippen molar-refractivity contribution in [3.05, 3.63) is 83.4 Å². The minimum atomic E-state index is -1.57. The lowest BCUT2D eigenvalue weighted by molar-refractivity contribution is -0.141. The molecule has 2 fully saturated rings. The van der Waals surface area contributed by atoms with E-state index in [9.17, 15) is 83.1 Å². The molecule has 1 aliphatic carbocycles. The van der Waals surface area contributed by atoms with Crippen molar-refractivity contribution in [2.75, 3.05) is 98.2 Å². The Kier molecular flexibility index (Phi) is 33.3. The number of aliphatic carboxylic acids is 6. The van der Waals surface area contributed by atoms with Crippen LogP contribution >= 0.6 is 0 Å². The number of carbonyl (C=O) groups excluding carboxylic acids is 6. The monoisotopic (exact) mass is 1330 g/mol. The minimum Gasteiger partial charge on any atom is -0.481 e. The first-order valence-electron chi connectivity index (χ1n) is 32.6. The zero-order chi connectivity index (χ0) is 69.2. The quantitative estimate of drug-likeness (QED) is 0.0363. The van der Waals surface area contributed by atoms with Gasteiger partial charge >= 0.3 is 41.8 Å². The van der Waals surface area contributed by atoms with E-state index in [4.69, 9.17) is 5.11 Å². The van der Waals surface area contributed by atoms with E-state index in [2.05, 4.69) is 37.2 Å². The number of hydrogen-bond acceptors (Lipinski definition) is 16. The summed E-state index contributed by atoms with van der Waals surface area (Å²) in [6.45, 7) is 2.96. The average molecular weight is 1330 g/mol. The Labute approximate surface area is 552 Å². The third-order valence-corrected chi connectivity index (χ3v) is 17.0. The number of carboxylic acids is 6. The molecule has 5 rings (SSSR count). The molecule has 1 saturated carbocycles. The molecular formula is C66H95N11O18. The van der Waals surface area contributed by atoms with Crippen molar-refractivity contribution >= 4 is 82.2 Å². The van der Waals surface area contributed by atoms with Crippen molar-refractivity contribution in [1.29, 1.82) is 0 Å². The molecule has 7 amide bonds. The first-order chi connectivity index (χ1) is 45.4. The van der Waals surface area contributed by atoms with Gasteiger partial charge in [0.05, 0.1) is 26.2 Å². The molecule has 29 nitrogen and oxygen atoms in total. The van der Waals surface area contributed by atoms with Gasteiger partial charge in [0.25, 0.3) is 0 Å². The van der Waals surface area contributed by atoms with Gasteiger partial charge in [0.15, 0.2) is 0 Å². The topological polar surface area (TPSA) is 423 Å². The Morgan fingerprint density at radius 3 is 1.48 bits per heavy atom. The molecule has 1 unspecified atom stereocenters. The fourth-order valence-electron chi connectivity index (χ4n) is 11.5. The molecule has 13 N–H and O–H groups in total. The molecule has 0 radical (unpaired) electrons. The summed E-state index contributed by atoms with van der Waals surface area (Å²) in [5.74, 6) is -9.82. The maximum atomic E-state index is 14.2. The lowest BCUT2D eigenvalue weighted by Gasteiger charge is -2.33. The third-order valence-electron chi connectivity index (χ3n) is 17.0. The number of amides is 7. The molecule has 4 atom stereocenters. The van der Waals surface area contributed by atoms with E-state index in [-0.39, 0.29) is 141 Å². The highest BCUT2D eigenvalue weighted by Gasteiger charge is 2.32. The predicted molar refractivity (Wildman–Crippen MR) is 348 cm³/mol. The number of nitrogens with one attached hydrogen (secondary N) is 7. The number of fused-ring (bicyclic) bond motifs is 1. The lowest BCUT2D eigenvalue weighted by atomic mass is 9.81. The van der Waals surface area contributed by atoms with Crippen molar-refractivity contribution in [1.82, 2.24) is 56.8 Å². The Balaban J connectivity index is 1.19. The zero-order valence-electron chi connectivity index (χ0n) is 54.1. The summed E-state index contributed by atoms with van der Waals surface area (Å²) in [5.41, 5.74) is 3.07. The van der Waals surface area contributed by atoms with Gasteiger partial charge in [-0.2, -0.15) is 0 Å². The van der Waals surface area contributed by atoms with Crippen LogP contribution in [0.1, 0.15) is 107 Å². The van der Waals surface area contributed by atoms with Crippen LogP contribution in [0.5, 0.6) is 0 Å². The van der Waals surface area contributed by atoms with Crippen LogP contribution in [0, 0.1) is 18.8 Å². The van der Waals surface area contributed by atoms with E-state index in [1.807, 2.05) is 73.7 Å². The number of aryl methyl sites for hydroxylation is 2. The van der Waals surface area contributed by atoms with Crippen molar-refractivity contribution in [2.45, 2.75) is 134 Å². The summed E-state index contributed by atoms with van der Waals surface area (Å²) in [7, 11) is 0. The van der Waals surface area contributed by atoms with Gasteiger partial charge in [-0.25, -0.2) is 14.4 Å². The van der Waals surface area contributed by atoms with Crippen LogP contribution in [0.4, 0.5) is 4.79 Å². The summed E-state index contributed by atoms with van der Waals surface area (Å²) in [6, 6.07) is 15.4. The SMILES string of the molecule is Cc1ccc(CCCC(=O)NCCCCC(NC(=O)CN2CCN(CC(=O)O)CCN(CC(=O)O)CCN(CC(=O)O)CC2)C(=O)NCC2CCC(C(=O)N[C@@H](Cc3ccc4ccccc4c3)C(=O)NCCCC[C@H](NC(=O)N[C@@H](CCC(=O)O)C(=O)O)C(=O)O)CC2)cc1. The van der Waals surface area contributed by atoms with Crippen LogP contribution < -0.4 is 37.2 Å². The molecule has 0 bridgehead atoms. The van der Waals surface area contributed by atoms with Gasteiger partial charge in [-0.15, -0.1) is 0 Å². The molecule has 1 saturated heterocycles. The number of carbonyl (C=O) groups is 12. The van der Waals surface area contributed by atoms with Crippen LogP contribution in [0.25, 0.3) is 10.8 Å². The minimum absolute atomic E-state index is 0.0471. The number of urea groups is 1. The van der Waals surface area contributed by atoms with Crippen LogP contribution in [-0.2, 0) is 65.6 Å². The smallest absolute Gasteiger partial charge is 0.326 e. The molecule has 1 heterocycles. The molecule has 1 aliphatic heterocycles. The van der Waals surface area contributed by atoms with Crippen molar-refractivity contribution in [2.24, 2.45) is 11.8 Å². The second-order valence-electron chi connectivity index (χ2n) is 24.6. The fourth-order valence-corrected chi connectivity index (χ4v) is 11.5. The average Bonchev–Trinajstić information content (AvgIpc) is 0.876. The molecule has 0 aromatic heterocycles. The van der Waals surface area contributed by atoms with Crippen LogP contribution in [-0.4, -0.2) is 244 Å². The van der Waals surface area contributed by atoms with Gasteiger partial charge in [-0.1, -0.05) is 72.3 Å². The maximum absolute atomic E-state index is 14.2. The number of hydrogen-bond donors (Lipinski definition) is 13. The molecule has 95 heavy (non-hydrogen) atoms. The van der Waals surface area contributed by atoms with E-state index in [0.717, 1.165) is 33.9 Å². The van der Waals surface area contributed by atoms with Crippen molar-refractivity contribution in [3.8, 4) is 0 Å². The predicted octanol–water partition coefficient (Wildman–Crippen LogP) is 1.72. The maximum Gasteiger partial charge on any atom is 0.326 e. The second kappa shape index (κ2) is 41.1. The summed E-state index contributed by atoms with van der Waals surface area (Å²) < 4.78 is 0. The zero-order valence-corrected chi connectivity index (χ0v) is 54.1. The molecule has 3 aromatic carbocycles. The number of benzene rings is 3. The van der Waals surface area contributed by atoms with Gasteiger partial charge in [0, 0.05) is 97.2 Å². The van der Waals surface area contributed by atoms with Crippen molar-refractivity contribution in [3.63, 3.8) is 0 Å². The van der Waals surface area contributed by atoms with Gasteiger partial charge < -0.3 is 67.9 Å². The van der Waals surface area contributed by atoms with Gasteiger partial charge in [-0.3, -0.25) is 62.8 Å².